The van der Waals surface area contributed by atoms with Crippen LogP contribution in [-0.2, 0) is 19.0 Å². The second-order valence-corrected chi connectivity index (χ2v) is 3.93. The van der Waals surface area contributed by atoms with Crippen LogP contribution in [0, 0.1) is 12.3 Å². The number of rotatable bonds is 5. The molecule has 70 valence electrons. The van der Waals surface area contributed by atoms with E-state index >= 15 is 0 Å². The molecular formula is C7H12O4S. The molecule has 0 saturated heterocycles. The lowest BCUT2D eigenvalue weighted by Crippen LogP contribution is -2.19. The topological polar surface area (TPSA) is 52.6 Å². The molecule has 5 heteroatoms. The summed E-state index contributed by atoms with van der Waals surface area (Å²) in [5, 5.41) is 0. The summed E-state index contributed by atoms with van der Waals surface area (Å²) in [4.78, 5) is 0. The second-order valence-electron chi connectivity index (χ2n) is 2.33. The van der Waals surface area contributed by atoms with Gasteiger partial charge in [-0.3, -0.25) is 4.18 Å². The lowest BCUT2D eigenvalue weighted by Gasteiger charge is -2.09. The molecule has 0 radical (unpaired) electrons. The average molecular weight is 192 g/mol. The van der Waals surface area contributed by atoms with Gasteiger partial charge in [0.05, 0.1) is 19.0 Å². The minimum absolute atomic E-state index is 0.164. The maximum absolute atomic E-state index is 10.6. The molecule has 0 aromatic rings. The number of terminal acetylenes is 1. The summed E-state index contributed by atoms with van der Waals surface area (Å²) in [6.45, 7) is 1.94. The third kappa shape index (κ3) is 7.54. The van der Waals surface area contributed by atoms with Crippen molar-refractivity contribution in [1.29, 1.82) is 0 Å². The molecule has 0 heterocycles. The maximum Gasteiger partial charge on any atom is 0.264 e. The molecule has 1 unspecified atom stereocenters. The zero-order chi connectivity index (χ0) is 9.61. The molecule has 1 atom stereocenters. The molecule has 0 fully saturated rings. The van der Waals surface area contributed by atoms with E-state index in [1.807, 2.05) is 0 Å². The Labute approximate surface area is 73.0 Å². The van der Waals surface area contributed by atoms with Gasteiger partial charge in [-0.05, 0) is 6.92 Å². The minimum Gasteiger partial charge on any atom is -0.366 e. The predicted octanol–water partition coefficient (Wildman–Crippen LogP) is 0.000900. The summed E-state index contributed by atoms with van der Waals surface area (Å²) in [6.07, 6.45) is 5.41. The molecule has 0 amide bonds. The van der Waals surface area contributed by atoms with Crippen LogP contribution in [0.15, 0.2) is 0 Å². The quantitative estimate of drug-likeness (QED) is 0.349. The fourth-order valence-electron chi connectivity index (χ4n) is 0.610. The van der Waals surface area contributed by atoms with E-state index in [1.54, 1.807) is 6.92 Å². The molecule has 0 aliphatic rings. The van der Waals surface area contributed by atoms with Crippen LogP contribution in [0.5, 0.6) is 0 Å². The molecule has 0 aromatic heterocycles. The van der Waals surface area contributed by atoms with Crippen molar-refractivity contribution in [2.24, 2.45) is 0 Å². The monoisotopic (exact) mass is 192 g/mol. The van der Waals surface area contributed by atoms with Crippen molar-refractivity contribution in [3.63, 3.8) is 0 Å². The van der Waals surface area contributed by atoms with Crippen LogP contribution >= 0.6 is 0 Å². The van der Waals surface area contributed by atoms with Gasteiger partial charge in [0.25, 0.3) is 10.1 Å². The third-order valence-corrected chi connectivity index (χ3v) is 1.56. The van der Waals surface area contributed by atoms with Gasteiger partial charge >= 0.3 is 0 Å². The smallest absolute Gasteiger partial charge is 0.264 e. The van der Waals surface area contributed by atoms with Crippen molar-refractivity contribution in [2.45, 2.75) is 13.0 Å². The Balaban J connectivity index is 3.62. The van der Waals surface area contributed by atoms with E-state index < -0.39 is 16.2 Å². The van der Waals surface area contributed by atoms with Gasteiger partial charge in [0, 0.05) is 0 Å². The average Bonchev–Trinajstić information content (AvgIpc) is 1.84. The van der Waals surface area contributed by atoms with E-state index in [0.29, 0.717) is 0 Å². The number of ether oxygens (including phenoxy) is 1. The van der Waals surface area contributed by atoms with Crippen LogP contribution in [0.2, 0.25) is 0 Å². The Kier molecular flexibility index (Phi) is 4.90. The van der Waals surface area contributed by atoms with Crippen LogP contribution in [0.25, 0.3) is 0 Å². The Morgan fingerprint density at radius 2 is 2.17 bits per heavy atom. The van der Waals surface area contributed by atoms with Crippen LogP contribution in [0.4, 0.5) is 0 Å². The molecule has 0 N–H and O–H groups in total. The summed E-state index contributed by atoms with van der Waals surface area (Å²) < 4.78 is 30.5. The minimum atomic E-state index is -3.39. The maximum atomic E-state index is 10.6. The van der Waals surface area contributed by atoms with E-state index in [9.17, 15) is 8.42 Å². The summed E-state index contributed by atoms with van der Waals surface area (Å²) in [7, 11) is -3.39. The molecular weight excluding hydrogens is 180 g/mol. The molecule has 0 aliphatic heterocycles. The Morgan fingerprint density at radius 1 is 1.58 bits per heavy atom. The molecule has 0 aromatic carbocycles. The molecule has 4 nitrogen and oxygen atoms in total. The Hall–Kier alpha value is -0.570. The highest BCUT2D eigenvalue weighted by Crippen LogP contribution is 1.96. The zero-order valence-corrected chi connectivity index (χ0v) is 7.93. The highest BCUT2D eigenvalue weighted by molar-refractivity contribution is 7.86. The van der Waals surface area contributed by atoms with Crippen LogP contribution in [0.1, 0.15) is 6.92 Å². The van der Waals surface area contributed by atoms with Crippen LogP contribution in [-0.4, -0.2) is 34.0 Å². The SMILES string of the molecule is C#CCOCC(C)OS(C)(=O)=O. The summed E-state index contributed by atoms with van der Waals surface area (Å²) in [5.41, 5.74) is 0. The molecule has 0 aliphatic carbocycles. The first-order valence-corrected chi connectivity index (χ1v) is 5.17. The van der Waals surface area contributed by atoms with Crippen LogP contribution in [0.3, 0.4) is 0 Å². The first kappa shape index (κ1) is 11.4. The van der Waals surface area contributed by atoms with Gasteiger partial charge in [-0.2, -0.15) is 8.42 Å². The van der Waals surface area contributed by atoms with Crippen molar-refractivity contribution in [3.8, 4) is 12.3 Å². The second kappa shape index (κ2) is 5.14. The predicted molar refractivity (Wildman–Crippen MR) is 45.0 cm³/mol. The summed E-state index contributed by atoms with van der Waals surface area (Å²) in [6, 6.07) is 0. The van der Waals surface area contributed by atoms with Gasteiger partial charge in [0.2, 0.25) is 0 Å². The standard InChI is InChI=1S/C7H12O4S/c1-4-5-10-6-7(2)11-12(3,8)9/h1,7H,5-6H2,2-3H3. The van der Waals surface area contributed by atoms with E-state index in [1.165, 1.54) is 0 Å². The first-order valence-electron chi connectivity index (χ1n) is 3.35. The fraction of sp³-hybridized carbons (Fsp3) is 0.714. The van der Waals surface area contributed by atoms with Gasteiger partial charge < -0.3 is 4.74 Å². The largest absolute Gasteiger partial charge is 0.366 e. The molecule has 0 saturated carbocycles. The highest BCUT2D eigenvalue weighted by atomic mass is 32.2. The van der Waals surface area contributed by atoms with E-state index in [4.69, 9.17) is 11.2 Å². The normalized spacial score (nSPS) is 13.8. The molecule has 0 rings (SSSR count). The Morgan fingerprint density at radius 3 is 2.58 bits per heavy atom. The third-order valence-electron chi connectivity index (χ3n) is 0.877. The first-order chi connectivity index (χ1) is 5.45. The van der Waals surface area contributed by atoms with Crippen LogP contribution < -0.4 is 0 Å². The van der Waals surface area contributed by atoms with Crippen molar-refractivity contribution < 1.29 is 17.3 Å². The number of hydrogen-bond acceptors (Lipinski definition) is 4. The lowest BCUT2D eigenvalue weighted by molar-refractivity contribution is 0.0804. The van der Waals surface area contributed by atoms with Gasteiger partial charge in [-0.1, -0.05) is 5.92 Å². The number of hydrogen-bond donors (Lipinski definition) is 0. The van der Waals surface area contributed by atoms with Crippen molar-refractivity contribution in [1.82, 2.24) is 0 Å². The van der Waals surface area contributed by atoms with Crippen molar-refractivity contribution >= 4 is 10.1 Å². The summed E-state index contributed by atoms with van der Waals surface area (Å²) >= 11 is 0. The van der Waals surface area contributed by atoms with Gasteiger partial charge in [-0.15, -0.1) is 6.42 Å². The van der Waals surface area contributed by atoms with Gasteiger partial charge in [0.1, 0.15) is 6.61 Å². The fourth-order valence-corrected chi connectivity index (χ4v) is 1.26. The van der Waals surface area contributed by atoms with E-state index in [2.05, 4.69) is 10.1 Å². The summed E-state index contributed by atoms with van der Waals surface area (Å²) in [5.74, 6) is 2.26. The van der Waals surface area contributed by atoms with Gasteiger partial charge in [0.15, 0.2) is 0 Å². The highest BCUT2D eigenvalue weighted by Gasteiger charge is 2.09. The molecule has 12 heavy (non-hydrogen) atoms. The van der Waals surface area contributed by atoms with Gasteiger partial charge in [-0.25, -0.2) is 0 Å². The van der Waals surface area contributed by atoms with E-state index in [-0.39, 0.29) is 13.2 Å². The molecule has 0 spiro atoms. The van der Waals surface area contributed by atoms with Crippen molar-refractivity contribution in [3.05, 3.63) is 0 Å². The molecule has 0 bridgehead atoms. The Bertz CT molecular complexity index is 249. The van der Waals surface area contributed by atoms with Crippen molar-refractivity contribution in [2.75, 3.05) is 19.5 Å². The van der Waals surface area contributed by atoms with E-state index in [0.717, 1.165) is 6.26 Å². The zero-order valence-electron chi connectivity index (χ0n) is 7.11. The lowest BCUT2D eigenvalue weighted by atomic mass is 10.4.